The number of alkyl halides is 3. The molecule has 31 heavy (non-hydrogen) atoms. The van der Waals surface area contributed by atoms with Crippen molar-refractivity contribution in [3.8, 4) is 5.75 Å². The second-order valence-corrected chi connectivity index (χ2v) is 8.68. The topological polar surface area (TPSA) is 102 Å². The average Bonchev–Trinajstić information content (AvgIpc) is 3.35. The molecule has 0 fully saturated rings. The maximum Gasteiger partial charge on any atom is 0.573 e. The highest BCUT2D eigenvalue weighted by atomic mass is 32.2. The zero-order valence-corrected chi connectivity index (χ0v) is 18.0. The summed E-state index contributed by atoms with van der Waals surface area (Å²) in [5.74, 6) is -1.16. The largest absolute Gasteiger partial charge is 0.573 e. The molecule has 0 spiro atoms. The second-order valence-electron chi connectivity index (χ2n) is 5.56. The third kappa shape index (κ3) is 6.83. The molecule has 1 aromatic carbocycles. The quantitative estimate of drug-likeness (QED) is 0.344. The summed E-state index contributed by atoms with van der Waals surface area (Å²) in [6.45, 7) is 0. The number of carbonyl (C=O) groups is 2. The smallest absolute Gasteiger partial charge is 0.465 e. The van der Waals surface area contributed by atoms with Crippen molar-refractivity contribution in [2.75, 3.05) is 23.5 Å². The van der Waals surface area contributed by atoms with Crippen LogP contribution in [0.1, 0.15) is 9.67 Å². The molecule has 0 saturated heterocycles. The van der Waals surface area contributed by atoms with Crippen LogP contribution in [0.15, 0.2) is 40.1 Å². The van der Waals surface area contributed by atoms with Crippen LogP contribution in [-0.4, -0.2) is 41.3 Å². The number of thiophene rings is 1. The van der Waals surface area contributed by atoms with Crippen LogP contribution in [0, 0.1) is 0 Å². The minimum absolute atomic E-state index is 0.0363. The van der Waals surface area contributed by atoms with Gasteiger partial charge in [0, 0.05) is 5.69 Å². The Balaban J connectivity index is 1.50. The summed E-state index contributed by atoms with van der Waals surface area (Å²) in [4.78, 5) is 24.1. The van der Waals surface area contributed by atoms with Crippen LogP contribution >= 0.6 is 34.4 Å². The molecule has 0 bridgehead atoms. The van der Waals surface area contributed by atoms with E-state index in [1.807, 2.05) is 0 Å². The lowest BCUT2D eigenvalue weighted by molar-refractivity contribution is -0.274. The van der Waals surface area contributed by atoms with Crippen molar-refractivity contribution in [1.29, 1.82) is 0 Å². The molecule has 0 atom stereocenters. The number of hydrogen-bond acceptors (Lipinski definition) is 10. The molecule has 1 amide bonds. The Bertz CT molecular complexity index is 1050. The van der Waals surface area contributed by atoms with Gasteiger partial charge in [-0.25, -0.2) is 4.79 Å². The lowest BCUT2D eigenvalue weighted by Gasteiger charge is -2.09. The fourth-order valence-corrected chi connectivity index (χ4v) is 4.49. The molecule has 2 heterocycles. The zero-order chi connectivity index (χ0) is 22.4. The van der Waals surface area contributed by atoms with Crippen molar-refractivity contribution >= 4 is 62.8 Å². The first kappa shape index (κ1) is 22.8. The number of amides is 1. The van der Waals surface area contributed by atoms with Crippen molar-refractivity contribution in [2.24, 2.45) is 0 Å². The molecule has 8 nitrogen and oxygen atoms in total. The monoisotopic (exact) mass is 490 g/mol. The predicted octanol–water partition coefficient (Wildman–Crippen LogP) is 4.76. The van der Waals surface area contributed by atoms with Crippen LogP contribution in [0.2, 0.25) is 0 Å². The summed E-state index contributed by atoms with van der Waals surface area (Å²) < 4.78 is 45.6. The minimum atomic E-state index is -4.75. The molecule has 0 aliphatic carbocycles. The molecule has 0 aliphatic heterocycles. The maximum atomic E-state index is 12.2. The maximum absolute atomic E-state index is 12.2. The van der Waals surface area contributed by atoms with Crippen molar-refractivity contribution in [1.82, 2.24) is 10.2 Å². The van der Waals surface area contributed by atoms with E-state index in [9.17, 15) is 22.8 Å². The molecular formula is C17H13F3N4O4S3. The van der Waals surface area contributed by atoms with Crippen molar-refractivity contribution in [3.05, 3.63) is 40.6 Å². The van der Waals surface area contributed by atoms with Gasteiger partial charge in [0.25, 0.3) is 0 Å². The Kier molecular flexibility index (Phi) is 7.35. The van der Waals surface area contributed by atoms with Gasteiger partial charge in [-0.2, -0.15) is 0 Å². The molecule has 0 aliphatic rings. The van der Waals surface area contributed by atoms with E-state index in [0.29, 0.717) is 25.7 Å². The Morgan fingerprint density at radius 2 is 1.90 bits per heavy atom. The van der Waals surface area contributed by atoms with Crippen molar-refractivity contribution in [2.45, 2.75) is 10.7 Å². The van der Waals surface area contributed by atoms with Gasteiger partial charge in [0.1, 0.15) is 10.6 Å². The fourth-order valence-electron chi connectivity index (χ4n) is 2.15. The summed E-state index contributed by atoms with van der Waals surface area (Å²) in [5.41, 5.74) is 0.868. The van der Waals surface area contributed by atoms with E-state index in [0.717, 1.165) is 23.1 Å². The van der Waals surface area contributed by atoms with Gasteiger partial charge in [-0.1, -0.05) is 23.1 Å². The number of rotatable bonds is 8. The molecule has 2 aromatic heterocycles. The van der Waals surface area contributed by atoms with Crippen LogP contribution in [0.5, 0.6) is 5.75 Å². The Labute approximate surface area is 185 Å². The summed E-state index contributed by atoms with van der Waals surface area (Å²) in [5, 5.41) is 15.5. The number of methoxy groups -OCH3 is 1. The number of nitrogens with one attached hydrogen (secondary N) is 2. The number of nitrogens with zero attached hydrogens (tertiary/aromatic N) is 2. The number of hydrogen-bond donors (Lipinski definition) is 2. The fraction of sp³-hybridized carbons (Fsp3) is 0.176. The van der Waals surface area contributed by atoms with E-state index in [4.69, 9.17) is 0 Å². The second kappa shape index (κ2) is 9.98. The number of halogens is 3. The summed E-state index contributed by atoms with van der Waals surface area (Å²) in [6.07, 6.45) is -4.75. The van der Waals surface area contributed by atoms with Gasteiger partial charge < -0.3 is 20.1 Å². The predicted molar refractivity (Wildman–Crippen MR) is 111 cm³/mol. The Hall–Kier alpha value is -2.84. The minimum Gasteiger partial charge on any atom is -0.465 e. The van der Waals surface area contributed by atoms with Crippen LogP contribution in [0.25, 0.3) is 0 Å². The standard InChI is InChI=1S/C17H13F3N4O4S3/c1-27-14(26)13-11(6-7-29-13)22-12(25)8-30-16-24-23-15(31-16)21-9-2-4-10(5-3-9)28-17(18,19)20/h2-7H,8H2,1H3,(H,21,23)(H,22,25). The lowest BCUT2D eigenvalue weighted by atomic mass is 10.3. The first-order valence-corrected chi connectivity index (χ1v) is 11.0. The number of esters is 1. The molecule has 164 valence electrons. The molecular weight excluding hydrogens is 477 g/mol. The van der Waals surface area contributed by atoms with Gasteiger partial charge in [0.2, 0.25) is 11.0 Å². The highest BCUT2D eigenvalue weighted by Gasteiger charge is 2.31. The highest BCUT2D eigenvalue weighted by Crippen LogP contribution is 2.30. The van der Waals surface area contributed by atoms with Gasteiger partial charge in [-0.15, -0.1) is 34.7 Å². The molecule has 0 unspecified atom stereocenters. The SMILES string of the molecule is COC(=O)c1sccc1NC(=O)CSc1nnc(Nc2ccc(OC(F)(F)F)cc2)s1. The molecule has 3 rings (SSSR count). The third-order valence-electron chi connectivity index (χ3n) is 3.38. The number of thioether (sulfide) groups is 1. The van der Waals surface area contributed by atoms with E-state index in [1.54, 1.807) is 11.4 Å². The van der Waals surface area contributed by atoms with Gasteiger partial charge in [-0.3, -0.25) is 4.79 Å². The summed E-state index contributed by atoms with van der Waals surface area (Å²) in [6, 6.07) is 6.76. The van der Waals surface area contributed by atoms with Gasteiger partial charge in [0.15, 0.2) is 4.34 Å². The van der Waals surface area contributed by atoms with Gasteiger partial charge in [-0.05, 0) is 35.7 Å². The summed E-state index contributed by atoms with van der Waals surface area (Å²) >= 11 is 3.47. The first-order chi connectivity index (χ1) is 14.7. The Morgan fingerprint density at radius 3 is 2.58 bits per heavy atom. The first-order valence-electron chi connectivity index (χ1n) is 8.28. The van der Waals surface area contributed by atoms with Crippen molar-refractivity contribution in [3.63, 3.8) is 0 Å². The number of aromatic nitrogens is 2. The normalized spacial score (nSPS) is 11.1. The highest BCUT2D eigenvalue weighted by molar-refractivity contribution is 8.01. The zero-order valence-electron chi connectivity index (χ0n) is 15.6. The van der Waals surface area contributed by atoms with Crippen LogP contribution in [-0.2, 0) is 9.53 Å². The molecule has 0 radical (unpaired) electrons. The van der Waals surface area contributed by atoms with Crippen molar-refractivity contribution < 1.29 is 32.2 Å². The Morgan fingerprint density at radius 1 is 1.16 bits per heavy atom. The summed E-state index contributed by atoms with van der Waals surface area (Å²) in [7, 11) is 1.26. The number of anilines is 3. The molecule has 14 heteroatoms. The number of benzene rings is 1. The molecule has 2 N–H and O–H groups in total. The van der Waals surface area contributed by atoms with E-state index < -0.39 is 12.3 Å². The van der Waals surface area contributed by atoms with Crippen LogP contribution < -0.4 is 15.4 Å². The van der Waals surface area contributed by atoms with Gasteiger partial charge >= 0.3 is 12.3 Å². The lowest BCUT2D eigenvalue weighted by Crippen LogP contribution is -2.16. The van der Waals surface area contributed by atoms with Crippen LogP contribution in [0.3, 0.4) is 0 Å². The molecule has 3 aromatic rings. The van der Waals surface area contributed by atoms with Crippen LogP contribution in [0.4, 0.5) is 29.7 Å². The number of ether oxygens (including phenoxy) is 2. The third-order valence-corrected chi connectivity index (χ3v) is 6.25. The van der Waals surface area contributed by atoms with E-state index in [-0.39, 0.29) is 17.4 Å². The average molecular weight is 491 g/mol. The van der Waals surface area contributed by atoms with E-state index in [1.165, 1.54) is 42.7 Å². The van der Waals surface area contributed by atoms with E-state index >= 15 is 0 Å². The van der Waals surface area contributed by atoms with E-state index in [2.05, 4.69) is 30.3 Å². The van der Waals surface area contributed by atoms with Gasteiger partial charge in [0.05, 0.1) is 18.6 Å². The molecule has 0 saturated carbocycles. The number of carbonyl (C=O) groups excluding carboxylic acids is 2.